The first-order chi connectivity index (χ1) is 7.47. The van der Waals surface area contributed by atoms with E-state index in [-0.39, 0.29) is 13.2 Å². The molecule has 0 aliphatic carbocycles. The van der Waals surface area contributed by atoms with Crippen molar-refractivity contribution in [3.63, 3.8) is 0 Å². The smallest absolute Gasteiger partial charge is 0.0942 e. The Balaban J connectivity index is 2.92. The minimum atomic E-state index is -0.783. The van der Waals surface area contributed by atoms with E-state index >= 15 is 0 Å². The van der Waals surface area contributed by atoms with Crippen molar-refractivity contribution < 1.29 is 10.2 Å². The predicted octanol–water partition coefficient (Wildman–Crippen LogP) is 2.94. The van der Waals surface area contributed by atoms with Crippen LogP contribution in [0.3, 0.4) is 0 Å². The van der Waals surface area contributed by atoms with Crippen LogP contribution in [0.2, 0.25) is 5.02 Å². The van der Waals surface area contributed by atoms with E-state index in [0.717, 1.165) is 20.2 Å². The summed E-state index contributed by atoms with van der Waals surface area (Å²) in [7, 11) is 0. The zero-order chi connectivity index (χ0) is 12.3. The van der Waals surface area contributed by atoms with E-state index in [0.29, 0.717) is 5.02 Å². The lowest BCUT2D eigenvalue weighted by molar-refractivity contribution is 0.105. The maximum Gasteiger partial charge on any atom is 0.0942 e. The van der Waals surface area contributed by atoms with Gasteiger partial charge in [0.05, 0.1) is 18.4 Å². The summed E-state index contributed by atoms with van der Waals surface area (Å²) in [5.74, 6) is 0. The number of benzene rings is 1. The minimum absolute atomic E-state index is 0.269. The van der Waals surface area contributed by atoms with Crippen molar-refractivity contribution in [2.24, 2.45) is 0 Å². The van der Waals surface area contributed by atoms with Gasteiger partial charge in [0.15, 0.2) is 0 Å². The van der Waals surface area contributed by atoms with Crippen LogP contribution in [0.25, 0.3) is 0 Å². The summed E-state index contributed by atoms with van der Waals surface area (Å²) < 4.78 is 1.65. The molecule has 0 bridgehead atoms. The number of halogens is 3. The zero-order valence-electron chi connectivity index (χ0n) is 8.60. The molecule has 0 spiro atoms. The van der Waals surface area contributed by atoms with Crippen LogP contribution < -0.4 is 5.32 Å². The highest BCUT2D eigenvalue weighted by Crippen LogP contribution is 2.37. The molecule has 0 saturated heterocycles. The highest BCUT2D eigenvalue weighted by Gasteiger charge is 2.12. The second-order valence-corrected chi connectivity index (χ2v) is 5.43. The van der Waals surface area contributed by atoms with E-state index in [1.165, 1.54) is 0 Å². The summed E-state index contributed by atoms with van der Waals surface area (Å²) in [6, 6.07) is 1.79. The van der Waals surface area contributed by atoms with Gasteiger partial charge in [-0.05, 0) is 50.4 Å². The Kier molecular flexibility index (Phi) is 5.53. The van der Waals surface area contributed by atoms with Crippen LogP contribution in [0.1, 0.15) is 5.56 Å². The molecule has 3 nitrogen and oxygen atoms in total. The molecule has 0 aliphatic heterocycles. The third kappa shape index (κ3) is 3.34. The fraction of sp³-hybridized carbons (Fsp3) is 0.400. The molecule has 1 aromatic carbocycles. The van der Waals surface area contributed by atoms with Crippen molar-refractivity contribution in [2.75, 3.05) is 18.5 Å². The van der Waals surface area contributed by atoms with Crippen LogP contribution in [-0.4, -0.2) is 29.5 Å². The highest BCUT2D eigenvalue weighted by molar-refractivity contribution is 9.11. The largest absolute Gasteiger partial charge is 0.394 e. The number of hydrogen-bond acceptors (Lipinski definition) is 3. The summed E-state index contributed by atoms with van der Waals surface area (Å²) >= 11 is 12.8. The minimum Gasteiger partial charge on any atom is -0.394 e. The van der Waals surface area contributed by atoms with Crippen LogP contribution in [0.15, 0.2) is 15.0 Å². The summed E-state index contributed by atoms with van der Waals surface area (Å²) in [5, 5.41) is 21.7. The van der Waals surface area contributed by atoms with Gasteiger partial charge in [-0.25, -0.2) is 0 Å². The Hall–Kier alpha value is 0.190. The maximum atomic E-state index is 9.26. The fourth-order valence-electron chi connectivity index (χ4n) is 1.14. The second kappa shape index (κ2) is 6.21. The Morgan fingerprint density at radius 3 is 2.69 bits per heavy atom. The maximum absolute atomic E-state index is 9.26. The molecular weight excluding hydrogens is 361 g/mol. The molecule has 3 N–H and O–H groups in total. The van der Waals surface area contributed by atoms with Crippen LogP contribution in [0.4, 0.5) is 5.69 Å². The van der Waals surface area contributed by atoms with Gasteiger partial charge >= 0.3 is 0 Å². The third-order valence-corrected chi connectivity index (χ3v) is 4.13. The predicted molar refractivity (Wildman–Crippen MR) is 73.2 cm³/mol. The lowest BCUT2D eigenvalue weighted by Gasteiger charge is -2.15. The third-order valence-electron chi connectivity index (χ3n) is 2.12. The molecule has 1 atom stereocenters. The summed E-state index contributed by atoms with van der Waals surface area (Å²) in [4.78, 5) is 0. The first kappa shape index (κ1) is 14.3. The average Bonchev–Trinajstić information content (AvgIpc) is 2.25. The van der Waals surface area contributed by atoms with Crippen molar-refractivity contribution in [2.45, 2.75) is 13.0 Å². The molecule has 1 unspecified atom stereocenters. The number of nitrogens with one attached hydrogen (secondary N) is 1. The molecule has 1 aromatic rings. The molecule has 0 amide bonds. The Morgan fingerprint density at radius 1 is 1.50 bits per heavy atom. The molecule has 0 fully saturated rings. The van der Waals surface area contributed by atoms with Crippen molar-refractivity contribution in [1.82, 2.24) is 0 Å². The van der Waals surface area contributed by atoms with E-state index < -0.39 is 6.10 Å². The monoisotopic (exact) mass is 371 g/mol. The molecule has 90 valence electrons. The van der Waals surface area contributed by atoms with Crippen molar-refractivity contribution >= 4 is 49.1 Å². The van der Waals surface area contributed by atoms with Gasteiger partial charge in [-0.2, -0.15) is 0 Å². The molecule has 0 radical (unpaired) electrons. The van der Waals surface area contributed by atoms with Crippen LogP contribution in [-0.2, 0) is 0 Å². The topological polar surface area (TPSA) is 52.5 Å². The van der Waals surface area contributed by atoms with Crippen molar-refractivity contribution in [3.05, 3.63) is 25.6 Å². The fourth-order valence-corrected chi connectivity index (χ4v) is 2.99. The van der Waals surface area contributed by atoms with Crippen molar-refractivity contribution in [1.29, 1.82) is 0 Å². The molecule has 6 heteroatoms. The standard InChI is InChI=1S/C10H12Br2ClNO2/c1-5-8(13)2-7(11)10(9(5)12)14-3-6(16)4-15/h2,6,14-16H,3-4H2,1H3. The van der Waals surface area contributed by atoms with Gasteiger partial charge in [0.2, 0.25) is 0 Å². The van der Waals surface area contributed by atoms with Crippen LogP contribution >= 0.6 is 43.5 Å². The normalized spacial score (nSPS) is 12.6. The number of aliphatic hydroxyl groups is 2. The second-order valence-electron chi connectivity index (χ2n) is 3.37. The van der Waals surface area contributed by atoms with E-state index in [4.69, 9.17) is 16.7 Å². The summed E-state index contributed by atoms with van der Waals surface area (Å²) in [6.07, 6.45) is -0.783. The van der Waals surface area contributed by atoms with E-state index in [9.17, 15) is 5.11 Å². The number of aliphatic hydroxyl groups excluding tert-OH is 2. The van der Waals surface area contributed by atoms with Crippen LogP contribution in [0.5, 0.6) is 0 Å². The Labute approximate surface area is 116 Å². The van der Waals surface area contributed by atoms with E-state index in [1.54, 1.807) is 6.07 Å². The molecular formula is C10H12Br2ClNO2. The lowest BCUT2D eigenvalue weighted by atomic mass is 10.2. The zero-order valence-corrected chi connectivity index (χ0v) is 12.5. The van der Waals surface area contributed by atoms with E-state index in [2.05, 4.69) is 37.2 Å². The van der Waals surface area contributed by atoms with E-state index in [1.807, 2.05) is 6.92 Å². The number of anilines is 1. The van der Waals surface area contributed by atoms with Crippen molar-refractivity contribution in [3.8, 4) is 0 Å². The molecule has 0 heterocycles. The van der Waals surface area contributed by atoms with Gasteiger partial charge in [0.1, 0.15) is 0 Å². The average molecular weight is 373 g/mol. The molecule has 0 aromatic heterocycles. The SMILES string of the molecule is Cc1c(Cl)cc(Br)c(NCC(O)CO)c1Br. The van der Waals surface area contributed by atoms with Gasteiger partial charge < -0.3 is 15.5 Å². The molecule has 0 aliphatic rings. The first-order valence-corrected chi connectivity index (χ1v) is 6.60. The number of rotatable bonds is 4. The summed E-state index contributed by atoms with van der Waals surface area (Å²) in [6.45, 7) is 1.90. The Bertz CT molecular complexity index is 388. The van der Waals surface area contributed by atoms with Gasteiger partial charge in [0, 0.05) is 20.5 Å². The molecule has 0 saturated carbocycles. The lowest BCUT2D eigenvalue weighted by Crippen LogP contribution is -2.23. The van der Waals surface area contributed by atoms with Gasteiger partial charge in [-0.1, -0.05) is 11.6 Å². The first-order valence-electron chi connectivity index (χ1n) is 4.64. The van der Waals surface area contributed by atoms with Gasteiger partial charge in [0.25, 0.3) is 0 Å². The van der Waals surface area contributed by atoms with Gasteiger partial charge in [-0.15, -0.1) is 0 Å². The Morgan fingerprint density at radius 2 is 2.12 bits per heavy atom. The quantitative estimate of drug-likeness (QED) is 0.761. The van der Waals surface area contributed by atoms with Gasteiger partial charge in [-0.3, -0.25) is 0 Å². The highest BCUT2D eigenvalue weighted by atomic mass is 79.9. The molecule has 16 heavy (non-hydrogen) atoms. The summed E-state index contributed by atoms with van der Waals surface area (Å²) in [5.41, 5.74) is 1.74. The number of hydrogen-bond donors (Lipinski definition) is 3. The van der Waals surface area contributed by atoms with Crippen LogP contribution in [0, 0.1) is 6.92 Å². The molecule has 1 rings (SSSR count).